The summed E-state index contributed by atoms with van der Waals surface area (Å²) in [5.74, 6) is 0.804. The number of halogens is 2. The van der Waals surface area contributed by atoms with Gasteiger partial charge in [0, 0.05) is 36.1 Å². The molecule has 0 aliphatic rings. The molecule has 1 aromatic carbocycles. The summed E-state index contributed by atoms with van der Waals surface area (Å²) in [6.07, 6.45) is 5.03. The fraction of sp³-hybridized carbons (Fsp3) is 0.263. The van der Waals surface area contributed by atoms with E-state index >= 15 is 0 Å². The van der Waals surface area contributed by atoms with Crippen LogP contribution in [0.1, 0.15) is 21.9 Å². The van der Waals surface area contributed by atoms with Crippen LogP contribution in [0, 0.1) is 0 Å². The van der Waals surface area contributed by atoms with Crippen molar-refractivity contribution in [1.82, 2.24) is 14.5 Å². The first-order valence-electron chi connectivity index (χ1n) is 8.34. The Labute approximate surface area is 167 Å². The molecule has 6 nitrogen and oxygen atoms in total. The van der Waals surface area contributed by atoms with E-state index < -0.39 is 0 Å². The third kappa shape index (κ3) is 4.91. The number of imidazole rings is 1. The molecule has 0 bridgehead atoms. The largest absolute Gasteiger partial charge is 0.459 e. The minimum Gasteiger partial charge on any atom is -0.459 e. The van der Waals surface area contributed by atoms with Crippen LogP contribution in [-0.4, -0.2) is 40.6 Å². The second-order valence-corrected chi connectivity index (χ2v) is 6.75. The lowest BCUT2D eigenvalue weighted by atomic mass is 10.2. The summed E-state index contributed by atoms with van der Waals surface area (Å²) in [4.78, 5) is 18.7. The van der Waals surface area contributed by atoms with Crippen LogP contribution in [0.5, 0.6) is 0 Å². The fourth-order valence-electron chi connectivity index (χ4n) is 2.65. The number of methoxy groups -OCH3 is 1. The molecule has 27 heavy (non-hydrogen) atoms. The summed E-state index contributed by atoms with van der Waals surface area (Å²) in [7, 11) is 1.60. The van der Waals surface area contributed by atoms with Gasteiger partial charge in [0.2, 0.25) is 0 Å². The van der Waals surface area contributed by atoms with Crippen molar-refractivity contribution >= 4 is 29.1 Å². The quantitative estimate of drug-likeness (QED) is 0.563. The van der Waals surface area contributed by atoms with Crippen molar-refractivity contribution < 1.29 is 13.9 Å². The Morgan fingerprint density at radius 2 is 2.19 bits per heavy atom. The zero-order valence-corrected chi connectivity index (χ0v) is 16.3. The van der Waals surface area contributed by atoms with E-state index in [0.717, 1.165) is 11.4 Å². The van der Waals surface area contributed by atoms with Gasteiger partial charge in [0.15, 0.2) is 5.76 Å². The van der Waals surface area contributed by atoms with Crippen LogP contribution >= 0.6 is 23.2 Å². The highest BCUT2D eigenvalue weighted by Gasteiger charge is 2.20. The number of amides is 1. The first-order chi connectivity index (χ1) is 13.1. The molecule has 142 valence electrons. The Bertz CT molecular complexity index is 894. The van der Waals surface area contributed by atoms with Gasteiger partial charge in [-0.2, -0.15) is 0 Å². The molecule has 0 spiro atoms. The second-order valence-electron chi connectivity index (χ2n) is 5.90. The van der Waals surface area contributed by atoms with Crippen molar-refractivity contribution in [2.45, 2.75) is 13.1 Å². The summed E-state index contributed by atoms with van der Waals surface area (Å²) in [5.41, 5.74) is 0.918. The number of carbonyl (C=O) groups is 1. The molecule has 0 fully saturated rings. The number of furan rings is 1. The van der Waals surface area contributed by atoms with E-state index in [9.17, 15) is 4.79 Å². The van der Waals surface area contributed by atoms with Gasteiger partial charge in [0.05, 0.1) is 26.0 Å². The van der Waals surface area contributed by atoms with Crippen LogP contribution in [-0.2, 0) is 17.8 Å². The number of hydrogen-bond acceptors (Lipinski definition) is 4. The summed E-state index contributed by atoms with van der Waals surface area (Å²) >= 11 is 12.2. The van der Waals surface area contributed by atoms with Crippen LogP contribution < -0.4 is 0 Å². The van der Waals surface area contributed by atoms with Crippen molar-refractivity contribution in [3.8, 4) is 0 Å². The molecule has 0 aliphatic carbocycles. The first-order valence-corrected chi connectivity index (χ1v) is 9.09. The van der Waals surface area contributed by atoms with Gasteiger partial charge in [0.1, 0.15) is 5.82 Å². The molecule has 8 heteroatoms. The number of ether oxygens (including phenoxy) is 1. The number of aromatic nitrogens is 2. The Balaban J connectivity index is 1.78. The number of hydrogen-bond donors (Lipinski definition) is 0. The van der Waals surface area contributed by atoms with Crippen LogP contribution in [0.2, 0.25) is 10.0 Å². The van der Waals surface area contributed by atoms with Crippen molar-refractivity contribution in [2.75, 3.05) is 20.3 Å². The van der Waals surface area contributed by atoms with Gasteiger partial charge in [-0.1, -0.05) is 29.3 Å². The zero-order valence-electron chi connectivity index (χ0n) is 14.8. The highest BCUT2D eigenvalue weighted by Crippen LogP contribution is 2.22. The number of carbonyl (C=O) groups excluding carboxylic acids is 1. The van der Waals surface area contributed by atoms with Crippen molar-refractivity contribution in [2.24, 2.45) is 0 Å². The van der Waals surface area contributed by atoms with Gasteiger partial charge in [-0.25, -0.2) is 4.98 Å². The van der Waals surface area contributed by atoms with Gasteiger partial charge < -0.3 is 18.6 Å². The molecule has 0 N–H and O–H groups in total. The number of rotatable bonds is 8. The van der Waals surface area contributed by atoms with E-state index in [-0.39, 0.29) is 11.7 Å². The van der Waals surface area contributed by atoms with Gasteiger partial charge in [-0.05, 0) is 29.8 Å². The number of nitrogens with zero attached hydrogens (tertiary/aromatic N) is 3. The van der Waals surface area contributed by atoms with Gasteiger partial charge in [-0.3, -0.25) is 4.79 Å². The van der Waals surface area contributed by atoms with Gasteiger partial charge in [0.25, 0.3) is 5.91 Å². The van der Waals surface area contributed by atoms with Crippen molar-refractivity contribution in [1.29, 1.82) is 0 Å². The van der Waals surface area contributed by atoms with Crippen LogP contribution in [0.4, 0.5) is 0 Å². The third-order valence-corrected chi connectivity index (χ3v) is 4.66. The third-order valence-electron chi connectivity index (χ3n) is 4.07. The molecule has 3 rings (SSSR count). The molecule has 0 unspecified atom stereocenters. The van der Waals surface area contributed by atoms with E-state index in [1.807, 2.05) is 16.8 Å². The summed E-state index contributed by atoms with van der Waals surface area (Å²) in [6.45, 7) is 1.68. The van der Waals surface area contributed by atoms with E-state index in [2.05, 4.69) is 4.98 Å². The van der Waals surface area contributed by atoms with Crippen molar-refractivity contribution in [3.63, 3.8) is 0 Å². The monoisotopic (exact) mass is 407 g/mol. The van der Waals surface area contributed by atoms with E-state index in [4.69, 9.17) is 32.4 Å². The molecule has 0 saturated carbocycles. The van der Waals surface area contributed by atoms with E-state index in [1.165, 1.54) is 6.26 Å². The first kappa shape index (κ1) is 19.5. The Morgan fingerprint density at radius 1 is 1.33 bits per heavy atom. The average Bonchev–Trinajstić information content (AvgIpc) is 3.32. The lowest BCUT2D eigenvalue weighted by molar-refractivity contribution is 0.0642. The molecule has 1 amide bonds. The van der Waals surface area contributed by atoms with E-state index in [0.29, 0.717) is 36.3 Å². The molecule has 0 radical (unpaired) electrons. The topological polar surface area (TPSA) is 60.5 Å². The minimum absolute atomic E-state index is 0.212. The fourth-order valence-corrected chi connectivity index (χ4v) is 3.12. The summed E-state index contributed by atoms with van der Waals surface area (Å²) in [5, 5.41) is 1.18. The Kier molecular flexibility index (Phi) is 6.55. The zero-order chi connectivity index (χ0) is 19.2. The molecular weight excluding hydrogens is 389 g/mol. The minimum atomic E-state index is -0.212. The Morgan fingerprint density at radius 3 is 2.89 bits per heavy atom. The lowest BCUT2D eigenvalue weighted by Gasteiger charge is -2.21. The predicted octanol–water partition coefficient (Wildman–Crippen LogP) is 4.12. The van der Waals surface area contributed by atoms with Gasteiger partial charge >= 0.3 is 0 Å². The predicted molar refractivity (Wildman–Crippen MR) is 103 cm³/mol. The molecule has 0 aliphatic heterocycles. The summed E-state index contributed by atoms with van der Waals surface area (Å²) in [6, 6.07) is 8.71. The van der Waals surface area contributed by atoms with Crippen LogP contribution in [0.3, 0.4) is 0 Å². The maximum absolute atomic E-state index is 12.7. The van der Waals surface area contributed by atoms with Crippen LogP contribution in [0.25, 0.3) is 0 Å². The van der Waals surface area contributed by atoms with Crippen molar-refractivity contribution in [3.05, 3.63) is 76.2 Å². The highest BCUT2D eigenvalue weighted by molar-refractivity contribution is 6.35. The standard InChI is InChI=1S/C19H19Cl2N3O3/c1-26-10-8-24(19(25)17-3-2-9-27-17)13-18-22-6-7-23(18)12-14-4-5-15(20)11-16(14)21/h2-7,9,11H,8,10,12-13H2,1H3. The normalized spacial score (nSPS) is 10.9. The smallest absolute Gasteiger partial charge is 0.290 e. The molecule has 2 heterocycles. The van der Waals surface area contributed by atoms with Crippen LogP contribution in [0.15, 0.2) is 53.4 Å². The summed E-state index contributed by atoms with van der Waals surface area (Å²) < 4.78 is 12.3. The maximum atomic E-state index is 12.7. The molecule has 3 aromatic rings. The second kappa shape index (κ2) is 9.08. The Hall–Kier alpha value is -2.28. The SMILES string of the molecule is COCCN(Cc1nccn1Cc1ccc(Cl)cc1Cl)C(=O)c1ccco1. The highest BCUT2D eigenvalue weighted by atomic mass is 35.5. The lowest BCUT2D eigenvalue weighted by Crippen LogP contribution is -2.34. The molecule has 0 atom stereocenters. The molecule has 2 aromatic heterocycles. The van der Waals surface area contributed by atoms with Gasteiger partial charge in [-0.15, -0.1) is 0 Å². The molecule has 0 saturated heterocycles. The maximum Gasteiger partial charge on any atom is 0.290 e. The number of benzene rings is 1. The van der Waals surface area contributed by atoms with E-state index in [1.54, 1.807) is 42.5 Å². The average molecular weight is 408 g/mol. The molecular formula is C19H19Cl2N3O3.